The Morgan fingerprint density at radius 2 is 2.00 bits per heavy atom. The maximum atomic E-state index is 12.2. The number of ether oxygens (including phenoxy) is 1. The van der Waals surface area contributed by atoms with Gasteiger partial charge < -0.3 is 4.74 Å². The number of hydrogen-bond donors (Lipinski definition) is 0. The van der Waals surface area contributed by atoms with Crippen LogP contribution in [0.4, 0.5) is 13.2 Å². The summed E-state index contributed by atoms with van der Waals surface area (Å²) in [6.45, 7) is -0.260. The molecule has 0 aliphatic carbocycles. The highest BCUT2D eigenvalue weighted by Crippen LogP contribution is 2.01. The second kappa shape index (κ2) is 5.62. The highest BCUT2D eigenvalue weighted by atomic mass is 19.3. The third-order valence-corrected chi connectivity index (χ3v) is 0.824. The Labute approximate surface area is 68.7 Å². The van der Waals surface area contributed by atoms with Crippen molar-refractivity contribution in [1.82, 2.24) is 0 Å². The zero-order valence-electron chi connectivity index (χ0n) is 6.80. The van der Waals surface area contributed by atoms with Crippen LogP contribution < -0.4 is 0 Å². The van der Waals surface area contributed by atoms with E-state index in [4.69, 9.17) is 0 Å². The lowest BCUT2D eigenvalue weighted by atomic mass is 10.5. The minimum Gasteiger partial charge on any atom is -0.417 e. The molecule has 5 heteroatoms. The van der Waals surface area contributed by atoms with E-state index in [9.17, 15) is 13.2 Å². The summed E-state index contributed by atoms with van der Waals surface area (Å²) in [6.07, 6.45) is 1.06. The van der Waals surface area contributed by atoms with Gasteiger partial charge in [-0.05, 0) is 19.9 Å². The molecule has 0 spiro atoms. The molecular formula is C7H10F3NO. The number of hydrogen-bond acceptors (Lipinski definition) is 2. The van der Waals surface area contributed by atoms with Gasteiger partial charge in [0.15, 0.2) is 6.30 Å². The topological polar surface area (TPSA) is 21.6 Å². The minimum atomic E-state index is -2.97. The van der Waals surface area contributed by atoms with E-state index in [-0.39, 0.29) is 0 Å². The first kappa shape index (κ1) is 11.0. The summed E-state index contributed by atoms with van der Waals surface area (Å²) in [6, 6.07) is 0. The molecule has 0 bridgehead atoms. The Hall–Kier alpha value is -1.00. The molecule has 0 aromatic heterocycles. The summed E-state index contributed by atoms with van der Waals surface area (Å²) < 4.78 is 39.3. The molecule has 0 saturated heterocycles. The maximum absolute atomic E-state index is 12.2. The fraction of sp³-hybridized carbons (Fsp3) is 0.571. The van der Waals surface area contributed by atoms with Gasteiger partial charge in [0.25, 0.3) is 0 Å². The molecule has 0 fully saturated rings. The zero-order valence-corrected chi connectivity index (χ0v) is 6.80. The van der Waals surface area contributed by atoms with Gasteiger partial charge in [-0.15, -0.1) is 0 Å². The molecule has 0 amide bonds. The Morgan fingerprint density at radius 1 is 1.42 bits per heavy atom. The monoisotopic (exact) mass is 181 g/mol. The number of rotatable bonds is 3. The standard InChI is InChI=1S/C7H10F3NO/c1-3-4-6(11-5(2)8)12-7(9)10/h3-5,7H,1-2H3/b4-3-,11-6?. The molecule has 70 valence electrons. The van der Waals surface area contributed by atoms with Crippen molar-refractivity contribution < 1.29 is 17.9 Å². The summed E-state index contributed by atoms with van der Waals surface area (Å²) in [7, 11) is 0. The molecule has 1 atom stereocenters. The molecule has 0 radical (unpaired) electrons. The van der Waals surface area contributed by atoms with Crippen LogP contribution in [0.1, 0.15) is 13.8 Å². The lowest BCUT2D eigenvalue weighted by molar-refractivity contribution is -0.0598. The molecular weight excluding hydrogens is 171 g/mol. The average Bonchev–Trinajstić information content (AvgIpc) is 1.84. The fourth-order valence-corrected chi connectivity index (χ4v) is 0.522. The number of halogens is 3. The summed E-state index contributed by atoms with van der Waals surface area (Å²) in [4.78, 5) is 3.17. The second-order valence-corrected chi connectivity index (χ2v) is 1.92. The smallest absolute Gasteiger partial charge is 0.388 e. The Kier molecular flexibility index (Phi) is 5.16. The predicted molar refractivity (Wildman–Crippen MR) is 39.9 cm³/mol. The van der Waals surface area contributed by atoms with Crippen molar-refractivity contribution in [2.75, 3.05) is 0 Å². The van der Waals surface area contributed by atoms with E-state index < -0.39 is 18.8 Å². The van der Waals surface area contributed by atoms with Crippen LogP contribution in [-0.2, 0) is 4.74 Å². The molecule has 12 heavy (non-hydrogen) atoms. The van der Waals surface area contributed by atoms with Gasteiger partial charge in [0.1, 0.15) is 0 Å². The average molecular weight is 181 g/mol. The van der Waals surface area contributed by atoms with Gasteiger partial charge in [0.2, 0.25) is 5.90 Å². The molecule has 0 aliphatic rings. The van der Waals surface area contributed by atoms with Crippen LogP contribution in [0.15, 0.2) is 17.1 Å². The first-order valence-electron chi connectivity index (χ1n) is 3.35. The molecule has 0 aromatic carbocycles. The largest absolute Gasteiger partial charge is 0.417 e. The van der Waals surface area contributed by atoms with Gasteiger partial charge in [0, 0.05) is 0 Å². The highest BCUT2D eigenvalue weighted by Gasteiger charge is 2.06. The normalized spacial score (nSPS) is 15.7. The van der Waals surface area contributed by atoms with Gasteiger partial charge in [-0.3, -0.25) is 0 Å². The Bertz CT molecular complexity index is 177. The lowest BCUT2D eigenvalue weighted by Gasteiger charge is -2.03. The lowest BCUT2D eigenvalue weighted by Crippen LogP contribution is -2.08. The van der Waals surface area contributed by atoms with Gasteiger partial charge >= 0.3 is 6.61 Å². The van der Waals surface area contributed by atoms with E-state index in [1.807, 2.05) is 0 Å². The van der Waals surface area contributed by atoms with Crippen LogP contribution in [0.2, 0.25) is 0 Å². The van der Waals surface area contributed by atoms with Gasteiger partial charge in [-0.2, -0.15) is 8.78 Å². The third kappa shape index (κ3) is 5.76. The molecule has 0 aliphatic heterocycles. The van der Waals surface area contributed by atoms with Crippen LogP contribution in [0.5, 0.6) is 0 Å². The Balaban J connectivity index is 4.22. The predicted octanol–water partition coefficient (Wildman–Crippen LogP) is 2.52. The number of nitrogens with zero attached hydrogens (tertiary/aromatic N) is 1. The van der Waals surface area contributed by atoms with Crippen LogP contribution in [0.25, 0.3) is 0 Å². The van der Waals surface area contributed by atoms with Gasteiger partial charge in [-0.25, -0.2) is 9.38 Å². The van der Waals surface area contributed by atoms with Crippen molar-refractivity contribution in [3.05, 3.63) is 12.2 Å². The van der Waals surface area contributed by atoms with Crippen molar-refractivity contribution in [3.63, 3.8) is 0 Å². The van der Waals surface area contributed by atoms with Crippen molar-refractivity contribution in [1.29, 1.82) is 0 Å². The molecule has 0 heterocycles. The fourth-order valence-electron chi connectivity index (χ4n) is 0.522. The molecule has 2 nitrogen and oxygen atoms in total. The summed E-state index contributed by atoms with van der Waals surface area (Å²) in [5.41, 5.74) is 0. The van der Waals surface area contributed by atoms with E-state index in [1.54, 1.807) is 6.92 Å². The van der Waals surface area contributed by atoms with Crippen molar-refractivity contribution in [3.8, 4) is 0 Å². The van der Waals surface area contributed by atoms with Crippen LogP contribution in [0.3, 0.4) is 0 Å². The minimum absolute atomic E-state index is 0.400. The van der Waals surface area contributed by atoms with Crippen LogP contribution >= 0.6 is 0 Å². The van der Waals surface area contributed by atoms with E-state index in [0.29, 0.717) is 0 Å². The third-order valence-electron chi connectivity index (χ3n) is 0.824. The molecule has 0 rings (SSSR count). The second-order valence-electron chi connectivity index (χ2n) is 1.92. The maximum Gasteiger partial charge on any atom is 0.388 e. The van der Waals surface area contributed by atoms with Gasteiger partial charge in [0.05, 0.1) is 0 Å². The number of alkyl halides is 3. The summed E-state index contributed by atoms with van der Waals surface area (Å²) in [5, 5.41) is 0. The molecule has 0 saturated carbocycles. The van der Waals surface area contributed by atoms with Gasteiger partial charge in [-0.1, -0.05) is 6.08 Å². The zero-order chi connectivity index (χ0) is 9.56. The SMILES string of the molecule is C/C=C\C(=NC(C)F)OC(F)F. The molecule has 1 unspecified atom stereocenters. The number of aliphatic imine (C=N–C) groups is 1. The summed E-state index contributed by atoms with van der Waals surface area (Å²) in [5.74, 6) is -0.400. The molecule has 0 N–H and O–H groups in total. The number of allylic oxidation sites excluding steroid dienone is 1. The first-order chi connectivity index (χ1) is 5.56. The quantitative estimate of drug-likeness (QED) is 0.372. The van der Waals surface area contributed by atoms with Crippen molar-refractivity contribution in [2.24, 2.45) is 4.99 Å². The van der Waals surface area contributed by atoms with E-state index in [2.05, 4.69) is 9.73 Å². The van der Waals surface area contributed by atoms with E-state index in [1.165, 1.54) is 12.2 Å². The highest BCUT2D eigenvalue weighted by molar-refractivity contribution is 5.87. The van der Waals surface area contributed by atoms with E-state index >= 15 is 0 Å². The van der Waals surface area contributed by atoms with Crippen LogP contribution in [0, 0.1) is 0 Å². The van der Waals surface area contributed by atoms with Crippen LogP contribution in [-0.4, -0.2) is 18.8 Å². The molecule has 0 aromatic rings. The summed E-state index contributed by atoms with van der Waals surface area (Å²) >= 11 is 0. The first-order valence-corrected chi connectivity index (χ1v) is 3.35. The van der Waals surface area contributed by atoms with Crippen molar-refractivity contribution >= 4 is 5.90 Å². The van der Waals surface area contributed by atoms with E-state index in [0.717, 1.165) is 6.92 Å². The Morgan fingerprint density at radius 3 is 2.33 bits per heavy atom. The van der Waals surface area contributed by atoms with Crippen molar-refractivity contribution in [2.45, 2.75) is 26.8 Å².